The molecule has 5 heteroatoms. The predicted molar refractivity (Wildman–Crippen MR) is 101 cm³/mol. The van der Waals surface area contributed by atoms with E-state index in [2.05, 4.69) is 9.56 Å². The number of Topliss-reactive ketones (excluding diaryl/α,β-unsaturated/α-hetero) is 1. The number of rotatable bonds is 4. The minimum absolute atomic E-state index is 0.243. The Morgan fingerprint density at radius 2 is 1.92 bits per heavy atom. The Morgan fingerprint density at radius 3 is 2.58 bits per heavy atom. The van der Waals surface area contributed by atoms with Gasteiger partial charge in [0.15, 0.2) is 5.92 Å². The van der Waals surface area contributed by atoms with E-state index in [9.17, 15) is 9.59 Å². The summed E-state index contributed by atoms with van der Waals surface area (Å²) in [6.07, 6.45) is 1.76. The van der Waals surface area contributed by atoms with E-state index < -0.39 is 11.9 Å². The molecule has 134 valence electrons. The number of carbonyl (C=O) groups is 2. The maximum Gasteiger partial charge on any atom is 0.322 e. The molecule has 26 heavy (non-hydrogen) atoms. The Balaban J connectivity index is 1.97. The van der Waals surface area contributed by atoms with Crippen molar-refractivity contribution in [3.63, 3.8) is 0 Å². The van der Waals surface area contributed by atoms with Crippen molar-refractivity contribution >= 4 is 23.5 Å². The van der Waals surface area contributed by atoms with E-state index in [-0.39, 0.29) is 12.4 Å². The number of ketones is 1. The first-order valence-electron chi connectivity index (χ1n) is 8.66. The van der Waals surface area contributed by atoms with Gasteiger partial charge < -0.3 is 9.30 Å². The van der Waals surface area contributed by atoms with E-state index in [0.29, 0.717) is 11.4 Å². The molecule has 0 N–H and O–H groups in total. The number of benzene rings is 1. The molecule has 1 aliphatic heterocycles. The van der Waals surface area contributed by atoms with Crippen molar-refractivity contribution in [1.29, 1.82) is 0 Å². The highest BCUT2D eigenvalue weighted by Gasteiger charge is 2.38. The van der Waals surface area contributed by atoms with Gasteiger partial charge in [-0.2, -0.15) is 0 Å². The summed E-state index contributed by atoms with van der Waals surface area (Å²) in [5.74, 6) is -1.75. The Morgan fingerprint density at radius 1 is 1.23 bits per heavy atom. The van der Waals surface area contributed by atoms with Crippen LogP contribution in [0.25, 0.3) is 11.8 Å². The van der Waals surface area contributed by atoms with E-state index >= 15 is 0 Å². The van der Waals surface area contributed by atoms with Crippen molar-refractivity contribution in [2.45, 2.75) is 27.7 Å². The summed E-state index contributed by atoms with van der Waals surface area (Å²) in [6.45, 7) is 7.68. The number of esters is 1. The van der Waals surface area contributed by atoms with Crippen LogP contribution in [0.15, 0.2) is 47.1 Å². The molecule has 0 fully saturated rings. The molecule has 5 nitrogen and oxygen atoms in total. The van der Waals surface area contributed by atoms with Crippen molar-refractivity contribution in [3.8, 4) is 5.69 Å². The fourth-order valence-corrected chi connectivity index (χ4v) is 3.31. The lowest BCUT2D eigenvalue weighted by molar-refractivity contribution is -0.147. The first-order chi connectivity index (χ1) is 12.4. The number of aliphatic imine (C=N–C) groups is 1. The Bertz CT molecular complexity index is 920. The van der Waals surface area contributed by atoms with Gasteiger partial charge in [0.25, 0.3) is 0 Å². The molecule has 0 aliphatic carbocycles. The van der Waals surface area contributed by atoms with Crippen LogP contribution in [-0.2, 0) is 14.3 Å². The number of hydrogen-bond acceptors (Lipinski definition) is 4. The van der Waals surface area contributed by atoms with Crippen LogP contribution in [0.2, 0.25) is 0 Å². The summed E-state index contributed by atoms with van der Waals surface area (Å²) in [7, 11) is 0. The zero-order valence-corrected chi connectivity index (χ0v) is 15.4. The summed E-state index contributed by atoms with van der Waals surface area (Å²) in [5.41, 5.74) is 4.84. The molecule has 0 radical (unpaired) electrons. The number of nitrogens with zero attached hydrogens (tertiary/aromatic N) is 2. The van der Waals surface area contributed by atoms with Crippen LogP contribution in [0.4, 0.5) is 0 Å². The molecule has 0 amide bonds. The maximum atomic E-state index is 12.6. The van der Waals surface area contributed by atoms with Crippen molar-refractivity contribution < 1.29 is 14.3 Å². The molecule has 1 unspecified atom stereocenters. The van der Waals surface area contributed by atoms with E-state index in [1.807, 2.05) is 50.2 Å². The summed E-state index contributed by atoms with van der Waals surface area (Å²) >= 11 is 0. The molecule has 1 atom stereocenters. The van der Waals surface area contributed by atoms with Crippen molar-refractivity contribution in [1.82, 2.24) is 4.57 Å². The molecule has 0 saturated carbocycles. The first kappa shape index (κ1) is 17.9. The molecular weight excluding hydrogens is 328 g/mol. The van der Waals surface area contributed by atoms with Gasteiger partial charge in [-0.25, -0.2) is 0 Å². The smallest absolute Gasteiger partial charge is 0.322 e. The van der Waals surface area contributed by atoms with Crippen LogP contribution in [0.5, 0.6) is 0 Å². The van der Waals surface area contributed by atoms with Gasteiger partial charge in [0.2, 0.25) is 5.78 Å². The first-order valence-corrected chi connectivity index (χ1v) is 8.66. The molecule has 1 aromatic heterocycles. The van der Waals surface area contributed by atoms with Crippen LogP contribution in [0.1, 0.15) is 30.8 Å². The lowest BCUT2D eigenvalue weighted by Crippen LogP contribution is -2.28. The molecule has 1 aliphatic rings. The molecule has 0 spiro atoms. The van der Waals surface area contributed by atoms with Gasteiger partial charge in [-0.3, -0.25) is 14.6 Å². The monoisotopic (exact) mass is 350 g/mol. The summed E-state index contributed by atoms with van der Waals surface area (Å²) in [4.78, 5) is 29.0. The van der Waals surface area contributed by atoms with Crippen LogP contribution < -0.4 is 0 Å². The fourth-order valence-electron chi connectivity index (χ4n) is 3.31. The van der Waals surface area contributed by atoms with E-state index in [4.69, 9.17) is 4.74 Å². The molecule has 3 rings (SSSR count). The van der Waals surface area contributed by atoms with Gasteiger partial charge >= 0.3 is 5.97 Å². The number of ether oxygens (including phenoxy) is 1. The van der Waals surface area contributed by atoms with Crippen LogP contribution >= 0.6 is 0 Å². The average molecular weight is 350 g/mol. The van der Waals surface area contributed by atoms with Crippen molar-refractivity contribution in [3.05, 3.63) is 59.0 Å². The van der Waals surface area contributed by atoms with Gasteiger partial charge in [0.05, 0.1) is 6.61 Å². The molecule has 0 bridgehead atoms. The van der Waals surface area contributed by atoms with Crippen molar-refractivity contribution in [2.24, 2.45) is 10.9 Å². The van der Waals surface area contributed by atoms with Crippen LogP contribution in [0, 0.1) is 19.8 Å². The van der Waals surface area contributed by atoms with Gasteiger partial charge in [-0.15, -0.1) is 0 Å². The summed E-state index contributed by atoms with van der Waals surface area (Å²) in [5, 5.41) is 0. The topological polar surface area (TPSA) is 60.7 Å². The predicted octanol–water partition coefficient (Wildman–Crippen LogP) is 3.66. The summed E-state index contributed by atoms with van der Waals surface area (Å²) in [6, 6.07) is 12.1. The highest BCUT2D eigenvalue weighted by Crippen LogP contribution is 2.27. The average Bonchev–Trinajstić information content (AvgIpc) is 3.04. The normalized spacial score (nSPS) is 18.3. The molecule has 2 heterocycles. The lowest BCUT2D eigenvalue weighted by atomic mass is 10.0. The van der Waals surface area contributed by atoms with Gasteiger partial charge in [0, 0.05) is 22.8 Å². The van der Waals surface area contributed by atoms with E-state index in [0.717, 1.165) is 22.6 Å². The number of carbonyl (C=O) groups excluding carboxylic acids is 2. The minimum atomic E-state index is -0.918. The molecular formula is C21H22N2O3. The summed E-state index contributed by atoms with van der Waals surface area (Å²) < 4.78 is 7.13. The largest absolute Gasteiger partial charge is 0.465 e. The van der Waals surface area contributed by atoms with Gasteiger partial charge in [0.1, 0.15) is 5.70 Å². The molecule has 2 aromatic rings. The number of allylic oxidation sites excluding steroid dienone is 1. The Labute approximate surface area is 153 Å². The standard InChI is InChI=1S/C21H22N2O3/c1-5-26-21(25)19-14(3)22-18(20(19)24)12-16-11-13(2)23(15(16)4)17-9-7-6-8-10-17/h6-12,19H,5H2,1-4H3/b18-12-. The zero-order chi connectivity index (χ0) is 18.8. The van der Waals surface area contributed by atoms with Crippen molar-refractivity contribution in [2.75, 3.05) is 6.61 Å². The third-order valence-electron chi connectivity index (χ3n) is 4.53. The van der Waals surface area contributed by atoms with Gasteiger partial charge in [-0.1, -0.05) is 18.2 Å². The number of aromatic nitrogens is 1. The fraction of sp³-hybridized carbons (Fsp3) is 0.286. The Hall–Kier alpha value is -2.95. The Kier molecular flexibility index (Phi) is 4.89. The molecule has 0 saturated heterocycles. The lowest BCUT2D eigenvalue weighted by Gasteiger charge is -2.09. The van der Waals surface area contributed by atoms with Crippen LogP contribution in [-0.4, -0.2) is 28.6 Å². The number of para-hydroxylation sites is 1. The maximum absolute atomic E-state index is 12.6. The second kappa shape index (κ2) is 7.12. The zero-order valence-electron chi connectivity index (χ0n) is 15.4. The molecule has 1 aromatic carbocycles. The van der Waals surface area contributed by atoms with Gasteiger partial charge in [-0.05, 0) is 57.5 Å². The number of aryl methyl sites for hydroxylation is 1. The minimum Gasteiger partial charge on any atom is -0.465 e. The quantitative estimate of drug-likeness (QED) is 0.480. The third-order valence-corrected chi connectivity index (χ3v) is 4.53. The van der Waals surface area contributed by atoms with Crippen LogP contribution in [0.3, 0.4) is 0 Å². The van der Waals surface area contributed by atoms with E-state index in [1.165, 1.54) is 0 Å². The second-order valence-corrected chi connectivity index (χ2v) is 6.33. The van der Waals surface area contributed by atoms with E-state index in [1.54, 1.807) is 19.9 Å². The second-order valence-electron chi connectivity index (χ2n) is 6.33. The highest BCUT2D eigenvalue weighted by molar-refractivity contribution is 6.28. The SMILES string of the molecule is CCOC(=O)C1C(=O)/C(=C/c2cc(C)n(-c3ccccc3)c2C)N=C1C. The highest BCUT2D eigenvalue weighted by atomic mass is 16.5. The number of hydrogen-bond donors (Lipinski definition) is 0. The third kappa shape index (κ3) is 3.12.